The Hall–Kier alpha value is -2.12. The number of piperazine rings is 1. The van der Waals surface area contributed by atoms with Gasteiger partial charge >= 0.3 is 0 Å². The highest BCUT2D eigenvalue weighted by atomic mass is 16.3. The quantitative estimate of drug-likeness (QED) is 0.892. The minimum absolute atomic E-state index is 0.0800. The number of aromatic amines is 1. The first-order valence-corrected chi connectivity index (χ1v) is 9.89. The molecule has 1 amide bonds. The number of nitrogens with zero attached hydrogens (tertiary/aromatic N) is 4. The number of likely N-dealkylation sites (tertiary alicyclic amines) is 1. The molecule has 1 spiro atoms. The van der Waals surface area contributed by atoms with Crippen molar-refractivity contribution in [3.63, 3.8) is 0 Å². The highest BCUT2D eigenvalue weighted by Gasteiger charge is 2.42. The van der Waals surface area contributed by atoms with Gasteiger partial charge in [-0.2, -0.15) is 5.10 Å². The molecule has 0 radical (unpaired) electrons. The van der Waals surface area contributed by atoms with E-state index in [0.29, 0.717) is 12.3 Å². The molecule has 4 rings (SSSR count). The molecular formula is C20H29N5O2. The van der Waals surface area contributed by atoms with Crippen LogP contribution in [0.2, 0.25) is 0 Å². The van der Waals surface area contributed by atoms with E-state index in [-0.39, 0.29) is 5.54 Å². The highest BCUT2D eigenvalue weighted by molar-refractivity contribution is 5.76. The van der Waals surface area contributed by atoms with E-state index < -0.39 is 0 Å². The number of hydrogen-bond donors (Lipinski definition) is 1. The van der Waals surface area contributed by atoms with Crippen molar-refractivity contribution >= 4 is 5.91 Å². The van der Waals surface area contributed by atoms with Crippen LogP contribution in [0.15, 0.2) is 28.8 Å². The third kappa shape index (κ3) is 3.66. The fraction of sp³-hybridized carbons (Fsp3) is 0.600. The summed E-state index contributed by atoms with van der Waals surface area (Å²) in [6.07, 6.45) is 4.36. The number of hydrogen-bond acceptors (Lipinski definition) is 5. The largest absolute Gasteiger partial charge is 0.458 e. The van der Waals surface area contributed by atoms with E-state index in [2.05, 4.69) is 40.0 Å². The Labute approximate surface area is 160 Å². The summed E-state index contributed by atoms with van der Waals surface area (Å²) in [5, 5.41) is 6.93. The third-order valence-electron chi connectivity index (χ3n) is 6.27. The van der Waals surface area contributed by atoms with E-state index in [1.807, 2.05) is 17.0 Å². The van der Waals surface area contributed by atoms with Gasteiger partial charge in [-0.1, -0.05) is 0 Å². The van der Waals surface area contributed by atoms with Crippen molar-refractivity contribution in [1.29, 1.82) is 0 Å². The summed E-state index contributed by atoms with van der Waals surface area (Å²) in [5.41, 5.74) is 0.981. The molecule has 1 atom stereocenters. The summed E-state index contributed by atoms with van der Waals surface area (Å²) in [6.45, 7) is 7.56. The number of amides is 1. The fourth-order valence-corrected chi connectivity index (χ4v) is 4.47. The van der Waals surface area contributed by atoms with Gasteiger partial charge in [0.1, 0.15) is 11.5 Å². The first-order chi connectivity index (χ1) is 13.1. The SMILES string of the molecule is CCN1CC[C@]2(CCC1=O)CN(Cc1ccc(-c3ccn[nH]3)o1)CCN2C. The Morgan fingerprint density at radius 3 is 2.89 bits per heavy atom. The lowest BCUT2D eigenvalue weighted by Gasteiger charge is -2.49. The standard InChI is InChI=1S/C20H29N5O2/c1-3-25-11-9-20(8-6-19(25)26)15-24(13-12-23(20)2)14-16-4-5-18(27-16)17-7-10-21-22-17/h4-5,7,10H,3,6,8-9,11-15H2,1-2H3,(H,21,22)/t20-/m1/s1. The van der Waals surface area contributed by atoms with Crippen molar-refractivity contribution in [2.45, 2.75) is 38.3 Å². The first kappa shape index (κ1) is 18.3. The smallest absolute Gasteiger partial charge is 0.222 e. The van der Waals surface area contributed by atoms with Gasteiger partial charge in [0.05, 0.1) is 6.54 Å². The Bertz CT molecular complexity index is 771. The van der Waals surface area contributed by atoms with Crippen LogP contribution in [0.3, 0.4) is 0 Å². The molecule has 27 heavy (non-hydrogen) atoms. The van der Waals surface area contributed by atoms with Gasteiger partial charge in [-0.15, -0.1) is 0 Å². The number of likely N-dealkylation sites (N-methyl/N-ethyl adjacent to an activating group) is 1. The summed E-state index contributed by atoms with van der Waals surface area (Å²) in [6, 6.07) is 5.96. The van der Waals surface area contributed by atoms with Crippen LogP contribution in [0.5, 0.6) is 0 Å². The highest BCUT2D eigenvalue weighted by Crippen LogP contribution is 2.33. The molecule has 0 unspecified atom stereocenters. The maximum atomic E-state index is 12.3. The average Bonchev–Trinajstić information content (AvgIpc) is 3.32. The van der Waals surface area contributed by atoms with Crippen LogP contribution in [0.25, 0.3) is 11.5 Å². The zero-order valence-electron chi connectivity index (χ0n) is 16.3. The molecule has 4 heterocycles. The molecule has 0 aliphatic carbocycles. The fourth-order valence-electron chi connectivity index (χ4n) is 4.47. The third-order valence-corrected chi connectivity index (χ3v) is 6.27. The number of aromatic nitrogens is 2. The van der Waals surface area contributed by atoms with Crippen LogP contribution in [-0.2, 0) is 11.3 Å². The molecule has 2 aromatic rings. The lowest BCUT2D eigenvalue weighted by Crippen LogP contribution is -2.60. The van der Waals surface area contributed by atoms with Gasteiger partial charge in [-0.3, -0.25) is 19.7 Å². The molecule has 7 nitrogen and oxygen atoms in total. The molecule has 0 saturated carbocycles. The van der Waals surface area contributed by atoms with Crippen molar-refractivity contribution in [2.24, 2.45) is 0 Å². The average molecular weight is 371 g/mol. The molecule has 0 bridgehead atoms. The van der Waals surface area contributed by atoms with Crippen molar-refractivity contribution in [2.75, 3.05) is 39.8 Å². The predicted molar refractivity (Wildman–Crippen MR) is 103 cm³/mol. The van der Waals surface area contributed by atoms with E-state index in [9.17, 15) is 4.79 Å². The van der Waals surface area contributed by atoms with Crippen LogP contribution in [-0.4, -0.2) is 76.1 Å². The summed E-state index contributed by atoms with van der Waals surface area (Å²) < 4.78 is 6.02. The van der Waals surface area contributed by atoms with Crippen molar-refractivity contribution in [1.82, 2.24) is 24.9 Å². The minimum Gasteiger partial charge on any atom is -0.458 e. The molecule has 7 heteroatoms. The summed E-state index contributed by atoms with van der Waals surface area (Å²) in [4.78, 5) is 19.3. The maximum Gasteiger partial charge on any atom is 0.222 e. The number of H-pyrrole nitrogens is 1. The van der Waals surface area contributed by atoms with E-state index in [1.54, 1.807) is 6.20 Å². The number of nitrogens with one attached hydrogen (secondary N) is 1. The van der Waals surface area contributed by atoms with Gasteiger partial charge in [0, 0.05) is 50.9 Å². The Morgan fingerprint density at radius 1 is 1.22 bits per heavy atom. The second-order valence-electron chi connectivity index (χ2n) is 7.82. The molecular weight excluding hydrogens is 342 g/mol. The van der Waals surface area contributed by atoms with Gasteiger partial charge in [0.2, 0.25) is 5.91 Å². The Kier molecular flexibility index (Phi) is 5.06. The Balaban J connectivity index is 1.45. The molecule has 2 saturated heterocycles. The lowest BCUT2D eigenvalue weighted by molar-refractivity contribution is -0.130. The summed E-state index contributed by atoms with van der Waals surface area (Å²) in [5.74, 6) is 2.10. The Morgan fingerprint density at radius 2 is 2.11 bits per heavy atom. The molecule has 1 N–H and O–H groups in total. The van der Waals surface area contributed by atoms with Crippen LogP contribution in [0.1, 0.15) is 31.9 Å². The topological polar surface area (TPSA) is 68.6 Å². The molecule has 2 aliphatic rings. The van der Waals surface area contributed by atoms with Gasteiger partial charge in [0.25, 0.3) is 0 Å². The monoisotopic (exact) mass is 371 g/mol. The van der Waals surface area contributed by atoms with Crippen molar-refractivity contribution < 1.29 is 9.21 Å². The van der Waals surface area contributed by atoms with E-state index in [0.717, 1.165) is 69.3 Å². The second-order valence-corrected chi connectivity index (χ2v) is 7.82. The molecule has 146 valence electrons. The van der Waals surface area contributed by atoms with Gasteiger partial charge in [0.15, 0.2) is 5.76 Å². The number of furan rings is 1. The first-order valence-electron chi connectivity index (χ1n) is 9.89. The molecule has 2 aromatic heterocycles. The van der Waals surface area contributed by atoms with E-state index >= 15 is 0 Å². The molecule has 0 aromatic carbocycles. The summed E-state index contributed by atoms with van der Waals surface area (Å²) in [7, 11) is 2.21. The van der Waals surface area contributed by atoms with Crippen LogP contribution < -0.4 is 0 Å². The van der Waals surface area contributed by atoms with Crippen molar-refractivity contribution in [3.8, 4) is 11.5 Å². The zero-order chi connectivity index (χ0) is 18.9. The summed E-state index contributed by atoms with van der Waals surface area (Å²) >= 11 is 0. The predicted octanol–water partition coefficient (Wildman–Crippen LogP) is 2.19. The normalized spacial score (nSPS) is 25.3. The maximum absolute atomic E-state index is 12.3. The van der Waals surface area contributed by atoms with E-state index in [4.69, 9.17) is 4.42 Å². The number of rotatable bonds is 4. The number of carbonyl (C=O) groups is 1. The molecule has 2 aliphatic heterocycles. The molecule has 2 fully saturated rings. The van der Waals surface area contributed by atoms with Gasteiger partial charge in [-0.25, -0.2) is 0 Å². The minimum atomic E-state index is 0.0800. The number of carbonyl (C=O) groups excluding carboxylic acids is 1. The van der Waals surface area contributed by atoms with E-state index in [1.165, 1.54) is 0 Å². The van der Waals surface area contributed by atoms with Crippen molar-refractivity contribution in [3.05, 3.63) is 30.2 Å². The lowest BCUT2D eigenvalue weighted by atomic mass is 9.86. The van der Waals surface area contributed by atoms with Gasteiger partial charge in [-0.05, 0) is 45.0 Å². The van der Waals surface area contributed by atoms with Crippen LogP contribution in [0.4, 0.5) is 0 Å². The van der Waals surface area contributed by atoms with Crippen LogP contribution >= 0.6 is 0 Å². The second kappa shape index (κ2) is 7.48. The van der Waals surface area contributed by atoms with Gasteiger partial charge < -0.3 is 9.32 Å². The zero-order valence-corrected chi connectivity index (χ0v) is 16.3. The van der Waals surface area contributed by atoms with Crippen LogP contribution in [0, 0.1) is 0 Å².